The number of aromatic nitrogens is 2. The average molecular weight is 386 g/mol. The number of hydrogen-bond acceptors (Lipinski definition) is 5. The molecule has 2 N–H and O–H groups in total. The molecule has 9 heteroatoms. The number of aliphatic imine (C=N–C) groups is 1. The van der Waals surface area contributed by atoms with Gasteiger partial charge in [-0.15, -0.1) is 0 Å². The molecular weight excluding hydrogens is 360 g/mol. The summed E-state index contributed by atoms with van der Waals surface area (Å²) in [5.74, 6) is 1.31. The molecule has 3 rings (SSSR count). The zero-order valence-corrected chi connectivity index (χ0v) is 16.4. The van der Waals surface area contributed by atoms with Gasteiger partial charge in [-0.2, -0.15) is 5.10 Å². The number of benzene rings is 1. The van der Waals surface area contributed by atoms with Crippen LogP contribution in [0.25, 0.3) is 0 Å². The van der Waals surface area contributed by atoms with E-state index in [0.29, 0.717) is 19.0 Å². The van der Waals surface area contributed by atoms with Gasteiger partial charge in [0.25, 0.3) is 0 Å². The van der Waals surface area contributed by atoms with Crippen molar-refractivity contribution in [2.75, 3.05) is 45.2 Å². The zero-order chi connectivity index (χ0) is 20.1. The van der Waals surface area contributed by atoms with Crippen molar-refractivity contribution in [3.63, 3.8) is 0 Å². The Hall–Kier alpha value is -3.07. The Morgan fingerprint density at radius 3 is 2.68 bits per heavy atom. The molecule has 2 heterocycles. The molecule has 1 atom stereocenters. The van der Waals surface area contributed by atoms with Crippen LogP contribution in [0.15, 0.2) is 41.7 Å². The molecule has 150 valence electrons. The maximum absolute atomic E-state index is 12.6. The van der Waals surface area contributed by atoms with E-state index in [1.54, 1.807) is 29.9 Å². The van der Waals surface area contributed by atoms with Crippen molar-refractivity contribution in [2.24, 2.45) is 12.0 Å². The van der Waals surface area contributed by atoms with Gasteiger partial charge in [-0.3, -0.25) is 14.5 Å². The van der Waals surface area contributed by atoms with E-state index in [2.05, 4.69) is 15.4 Å². The van der Waals surface area contributed by atoms with Crippen LogP contribution in [0.3, 0.4) is 0 Å². The minimum absolute atomic E-state index is 0.0158. The lowest BCUT2D eigenvalue weighted by Crippen LogP contribution is -2.55. The fraction of sp³-hybridized carbons (Fsp3) is 0.421. The molecule has 1 amide bonds. The largest absolute Gasteiger partial charge is 0.497 e. The van der Waals surface area contributed by atoms with E-state index in [1.165, 1.54) is 0 Å². The van der Waals surface area contributed by atoms with E-state index < -0.39 is 6.10 Å². The fourth-order valence-corrected chi connectivity index (χ4v) is 3.14. The number of guanidine groups is 1. The maximum atomic E-state index is 12.6. The van der Waals surface area contributed by atoms with Crippen LogP contribution in [0.4, 0.5) is 5.69 Å². The van der Waals surface area contributed by atoms with Crippen molar-refractivity contribution in [2.45, 2.75) is 6.10 Å². The van der Waals surface area contributed by atoms with Gasteiger partial charge >= 0.3 is 0 Å². The van der Waals surface area contributed by atoms with Crippen LogP contribution in [0, 0.1) is 0 Å². The summed E-state index contributed by atoms with van der Waals surface area (Å²) >= 11 is 0. The first kappa shape index (κ1) is 19.7. The number of aryl methyl sites for hydroxylation is 1. The summed E-state index contributed by atoms with van der Waals surface area (Å²) in [6, 6.07) is 7.27. The first-order chi connectivity index (χ1) is 13.5. The van der Waals surface area contributed by atoms with Crippen LogP contribution < -0.4 is 15.0 Å². The molecule has 1 saturated heterocycles. The summed E-state index contributed by atoms with van der Waals surface area (Å²) < 4.78 is 6.81. The SMILES string of the molecule is CN=C(NCC(O)c1ccc(OC)cc1)N1CCN(c2cnn(C)c2)C(=O)C1. The smallest absolute Gasteiger partial charge is 0.246 e. The highest BCUT2D eigenvalue weighted by atomic mass is 16.5. The molecule has 1 aromatic heterocycles. The summed E-state index contributed by atoms with van der Waals surface area (Å²) in [4.78, 5) is 20.4. The fourth-order valence-electron chi connectivity index (χ4n) is 3.14. The molecule has 1 unspecified atom stereocenters. The number of nitrogens with zero attached hydrogens (tertiary/aromatic N) is 5. The lowest BCUT2D eigenvalue weighted by Gasteiger charge is -2.35. The minimum Gasteiger partial charge on any atom is -0.497 e. The number of methoxy groups -OCH3 is 1. The lowest BCUT2D eigenvalue weighted by atomic mass is 10.1. The van der Waals surface area contributed by atoms with Crippen LogP contribution >= 0.6 is 0 Å². The Bertz CT molecular complexity index is 832. The van der Waals surface area contributed by atoms with Gasteiger partial charge in [-0.25, -0.2) is 0 Å². The number of hydrogen-bond donors (Lipinski definition) is 2. The molecule has 0 saturated carbocycles. The van der Waals surface area contributed by atoms with E-state index in [-0.39, 0.29) is 19.0 Å². The molecule has 1 aromatic carbocycles. The molecule has 28 heavy (non-hydrogen) atoms. The molecule has 0 spiro atoms. The van der Waals surface area contributed by atoms with E-state index in [9.17, 15) is 9.90 Å². The number of rotatable bonds is 5. The molecule has 2 aromatic rings. The normalized spacial score (nSPS) is 16.3. The van der Waals surface area contributed by atoms with Crippen molar-refractivity contribution in [3.8, 4) is 5.75 Å². The van der Waals surface area contributed by atoms with Crippen LogP contribution in [-0.4, -0.2) is 72.0 Å². The number of piperazine rings is 1. The molecule has 0 bridgehead atoms. The molecule has 1 fully saturated rings. The molecular formula is C19H26N6O3. The summed E-state index contributed by atoms with van der Waals surface area (Å²) in [5, 5.41) is 17.7. The summed E-state index contributed by atoms with van der Waals surface area (Å²) in [5.41, 5.74) is 1.58. The number of aliphatic hydroxyl groups is 1. The van der Waals surface area contributed by atoms with Gasteiger partial charge in [0.15, 0.2) is 5.96 Å². The summed E-state index contributed by atoms with van der Waals surface area (Å²) in [6.07, 6.45) is 2.81. The Balaban J connectivity index is 1.56. The molecule has 0 radical (unpaired) electrons. The standard InChI is InChI=1S/C19H26N6O3/c1-20-19(21-11-17(26)14-4-6-16(28-3)7-5-14)24-8-9-25(18(27)13-24)15-10-22-23(2)12-15/h4-7,10,12,17,26H,8-9,11,13H2,1-3H3,(H,20,21). The highest BCUT2D eigenvalue weighted by molar-refractivity contribution is 5.98. The number of carbonyl (C=O) groups excluding carboxylic acids is 1. The highest BCUT2D eigenvalue weighted by Gasteiger charge is 2.27. The van der Waals surface area contributed by atoms with Crippen molar-refractivity contribution >= 4 is 17.6 Å². The molecule has 1 aliphatic heterocycles. The van der Waals surface area contributed by atoms with Crippen molar-refractivity contribution < 1.29 is 14.6 Å². The van der Waals surface area contributed by atoms with Crippen molar-refractivity contribution in [1.29, 1.82) is 0 Å². The van der Waals surface area contributed by atoms with Gasteiger partial charge in [-0.05, 0) is 17.7 Å². The maximum Gasteiger partial charge on any atom is 0.246 e. The number of aliphatic hydroxyl groups excluding tert-OH is 1. The van der Waals surface area contributed by atoms with Crippen molar-refractivity contribution in [3.05, 3.63) is 42.2 Å². The van der Waals surface area contributed by atoms with Crippen molar-refractivity contribution in [1.82, 2.24) is 20.0 Å². The lowest BCUT2D eigenvalue weighted by molar-refractivity contribution is -0.120. The quantitative estimate of drug-likeness (QED) is 0.570. The molecule has 0 aliphatic carbocycles. The summed E-state index contributed by atoms with van der Waals surface area (Å²) in [7, 11) is 5.09. The zero-order valence-electron chi connectivity index (χ0n) is 16.4. The van der Waals surface area contributed by atoms with Gasteiger partial charge in [0.1, 0.15) is 12.3 Å². The highest BCUT2D eigenvalue weighted by Crippen LogP contribution is 2.18. The second kappa shape index (κ2) is 8.75. The van der Waals surface area contributed by atoms with Crippen LogP contribution in [0.2, 0.25) is 0 Å². The Kier molecular flexibility index (Phi) is 6.15. The second-order valence-corrected chi connectivity index (χ2v) is 6.56. The monoisotopic (exact) mass is 386 g/mol. The first-order valence-electron chi connectivity index (χ1n) is 9.08. The van der Waals surface area contributed by atoms with Crippen LogP contribution in [-0.2, 0) is 11.8 Å². The number of anilines is 1. The van der Waals surface area contributed by atoms with Gasteiger partial charge in [0, 0.05) is 39.9 Å². The van der Waals surface area contributed by atoms with E-state index in [1.807, 2.05) is 42.4 Å². The van der Waals surface area contributed by atoms with Crippen LogP contribution in [0.1, 0.15) is 11.7 Å². The third kappa shape index (κ3) is 4.42. The van der Waals surface area contributed by atoms with E-state index in [0.717, 1.165) is 17.0 Å². The number of ether oxygens (including phenoxy) is 1. The predicted octanol–water partition coefficient (Wildman–Crippen LogP) is 0.386. The molecule has 1 aliphatic rings. The van der Waals surface area contributed by atoms with Gasteiger partial charge in [0.05, 0.1) is 25.1 Å². The Morgan fingerprint density at radius 1 is 1.36 bits per heavy atom. The van der Waals surface area contributed by atoms with Gasteiger partial charge in [-0.1, -0.05) is 12.1 Å². The van der Waals surface area contributed by atoms with Gasteiger partial charge in [0.2, 0.25) is 5.91 Å². The van der Waals surface area contributed by atoms with E-state index in [4.69, 9.17) is 4.74 Å². The number of amides is 1. The second-order valence-electron chi connectivity index (χ2n) is 6.56. The third-order valence-electron chi connectivity index (χ3n) is 4.69. The number of nitrogens with one attached hydrogen (secondary N) is 1. The first-order valence-corrected chi connectivity index (χ1v) is 9.08. The van der Waals surface area contributed by atoms with Gasteiger partial charge < -0.3 is 25.0 Å². The van der Waals surface area contributed by atoms with E-state index >= 15 is 0 Å². The Morgan fingerprint density at radius 2 is 2.11 bits per heavy atom. The Labute approximate surface area is 164 Å². The minimum atomic E-state index is -0.699. The topological polar surface area (TPSA) is 95.2 Å². The third-order valence-corrected chi connectivity index (χ3v) is 4.69. The average Bonchev–Trinajstić information content (AvgIpc) is 3.14. The van der Waals surface area contributed by atoms with Crippen LogP contribution in [0.5, 0.6) is 5.75 Å². The number of carbonyl (C=O) groups is 1. The molecule has 9 nitrogen and oxygen atoms in total. The summed E-state index contributed by atoms with van der Waals surface area (Å²) in [6.45, 7) is 1.69. The predicted molar refractivity (Wildman–Crippen MR) is 106 cm³/mol.